The van der Waals surface area contributed by atoms with Crippen molar-refractivity contribution in [2.24, 2.45) is 0 Å². The largest absolute Gasteiger partial charge is 0.481 e. The molecule has 0 amide bonds. The summed E-state index contributed by atoms with van der Waals surface area (Å²) in [5, 5.41) is 11.9. The first kappa shape index (κ1) is 18.2. The molecule has 122 valence electrons. The zero-order chi connectivity index (χ0) is 16.0. The zero-order valence-corrected chi connectivity index (χ0v) is 13.2. The van der Waals surface area contributed by atoms with Gasteiger partial charge in [0.1, 0.15) is 6.29 Å². The van der Waals surface area contributed by atoms with Gasteiger partial charge in [-0.3, -0.25) is 9.59 Å². The van der Waals surface area contributed by atoms with Crippen molar-refractivity contribution in [3.63, 3.8) is 0 Å². The minimum absolute atomic E-state index is 0.305. The molecule has 0 spiro atoms. The molecule has 0 saturated carbocycles. The fraction of sp³-hybridized carbons (Fsp3) is 0.556. The Morgan fingerprint density at radius 2 is 1.45 bits per heavy atom. The molecule has 1 rings (SSSR count). The van der Waals surface area contributed by atoms with Crippen LogP contribution in [-0.2, 0) is 4.79 Å². The van der Waals surface area contributed by atoms with Crippen molar-refractivity contribution < 1.29 is 14.7 Å². The lowest BCUT2D eigenvalue weighted by atomic mass is 10.1. The van der Waals surface area contributed by atoms with E-state index in [9.17, 15) is 9.59 Å². The van der Waals surface area contributed by atoms with Gasteiger partial charge in [-0.15, -0.1) is 0 Å². The van der Waals surface area contributed by atoms with Crippen molar-refractivity contribution in [1.82, 2.24) is 0 Å². The number of nitrogens with one attached hydrogen (secondary N) is 1. The molecule has 0 atom stereocenters. The van der Waals surface area contributed by atoms with Gasteiger partial charge in [-0.2, -0.15) is 0 Å². The maximum atomic E-state index is 10.5. The highest BCUT2D eigenvalue weighted by molar-refractivity contribution is 5.75. The number of rotatable bonds is 13. The average molecular weight is 305 g/mol. The summed E-state index contributed by atoms with van der Waals surface area (Å²) in [4.78, 5) is 20.9. The summed E-state index contributed by atoms with van der Waals surface area (Å²) in [7, 11) is 0. The van der Waals surface area contributed by atoms with E-state index in [0.717, 1.165) is 44.2 Å². The third kappa shape index (κ3) is 9.16. The van der Waals surface area contributed by atoms with Crippen LogP contribution in [0.15, 0.2) is 24.3 Å². The molecule has 0 bridgehead atoms. The standard InChI is InChI=1S/C18H27NO3/c20-15-16-10-12-17(13-11-16)19-14-8-6-4-2-1-3-5-7-9-18(21)22/h10-13,15,19H,1-9,14H2,(H,21,22). The second-order valence-electron chi connectivity index (χ2n) is 5.64. The van der Waals surface area contributed by atoms with Crippen LogP contribution in [0.2, 0.25) is 0 Å². The molecule has 0 aromatic heterocycles. The average Bonchev–Trinajstić information content (AvgIpc) is 2.53. The Balaban J connectivity index is 1.89. The number of anilines is 1. The van der Waals surface area contributed by atoms with Gasteiger partial charge in [0, 0.05) is 24.2 Å². The van der Waals surface area contributed by atoms with Gasteiger partial charge < -0.3 is 10.4 Å². The van der Waals surface area contributed by atoms with E-state index in [0.29, 0.717) is 12.0 Å². The van der Waals surface area contributed by atoms with E-state index >= 15 is 0 Å². The van der Waals surface area contributed by atoms with Crippen LogP contribution in [0.1, 0.15) is 68.1 Å². The van der Waals surface area contributed by atoms with Gasteiger partial charge in [0.25, 0.3) is 0 Å². The van der Waals surface area contributed by atoms with Crippen LogP contribution in [0.4, 0.5) is 5.69 Å². The number of hydrogen-bond acceptors (Lipinski definition) is 3. The van der Waals surface area contributed by atoms with Gasteiger partial charge in [0.2, 0.25) is 0 Å². The maximum absolute atomic E-state index is 10.5. The number of aldehydes is 1. The molecule has 1 aromatic rings. The molecule has 1 aromatic carbocycles. The fourth-order valence-corrected chi connectivity index (χ4v) is 2.37. The lowest BCUT2D eigenvalue weighted by Crippen LogP contribution is -2.01. The van der Waals surface area contributed by atoms with E-state index in [1.807, 2.05) is 24.3 Å². The molecule has 2 N–H and O–H groups in total. The topological polar surface area (TPSA) is 66.4 Å². The molecular weight excluding hydrogens is 278 g/mol. The first-order valence-corrected chi connectivity index (χ1v) is 8.23. The summed E-state index contributed by atoms with van der Waals surface area (Å²) in [6, 6.07) is 7.50. The minimum atomic E-state index is -0.687. The predicted molar refractivity (Wildman–Crippen MR) is 89.5 cm³/mol. The second-order valence-corrected chi connectivity index (χ2v) is 5.64. The number of unbranched alkanes of at least 4 members (excludes halogenated alkanes) is 7. The quantitative estimate of drug-likeness (QED) is 0.416. The fourth-order valence-electron chi connectivity index (χ4n) is 2.37. The van der Waals surface area contributed by atoms with Crippen LogP contribution in [0.25, 0.3) is 0 Å². The van der Waals surface area contributed by atoms with Crippen LogP contribution >= 0.6 is 0 Å². The Hall–Kier alpha value is -1.84. The summed E-state index contributed by atoms with van der Waals surface area (Å²) >= 11 is 0. The molecular formula is C18H27NO3. The number of carbonyl (C=O) groups is 2. The number of carboxylic acids is 1. The molecule has 0 saturated heterocycles. The third-order valence-electron chi connectivity index (χ3n) is 3.69. The smallest absolute Gasteiger partial charge is 0.303 e. The van der Waals surface area contributed by atoms with Gasteiger partial charge in [-0.1, -0.05) is 38.5 Å². The van der Waals surface area contributed by atoms with Gasteiger partial charge >= 0.3 is 5.97 Å². The lowest BCUT2D eigenvalue weighted by Gasteiger charge is -2.06. The summed E-state index contributed by atoms with van der Waals surface area (Å²) < 4.78 is 0. The maximum Gasteiger partial charge on any atom is 0.303 e. The highest BCUT2D eigenvalue weighted by atomic mass is 16.4. The SMILES string of the molecule is O=Cc1ccc(NCCCCCCCCCCC(=O)O)cc1. The van der Waals surface area contributed by atoms with Gasteiger partial charge in [-0.25, -0.2) is 0 Å². The number of carboxylic acid groups (broad SMARTS) is 1. The number of benzene rings is 1. The molecule has 0 heterocycles. The van der Waals surface area contributed by atoms with E-state index < -0.39 is 5.97 Å². The highest BCUT2D eigenvalue weighted by Crippen LogP contribution is 2.11. The molecule has 0 aliphatic heterocycles. The van der Waals surface area contributed by atoms with Crippen LogP contribution < -0.4 is 5.32 Å². The van der Waals surface area contributed by atoms with E-state index in [-0.39, 0.29) is 0 Å². The zero-order valence-electron chi connectivity index (χ0n) is 13.2. The summed E-state index contributed by atoms with van der Waals surface area (Å²) in [5.74, 6) is -0.687. The number of hydrogen-bond donors (Lipinski definition) is 2. The van der Waals surface area contributed by atoms with Crippen LogP contribution in [-0.4, -0.2) is 23.9 Å². The molecule has 0 radical (unpaired) electrons. The Morgan fingerprint density at radius 3 is 2.00 bits per heavy atom. The molecule has 4 heteroatoms. The van der Waals surface area contributed by atoms with Crippen molar-refractivity contribution in [3.05, 3.63) is 29.8 Å². The Morgan fingerprint density at radius 1 is 0.909 bits per heavy atom. The Labute approximate surface area is 132 Å². The summed E-state index contributed by atoms with van der Waals surface area (Å²) in [6.07, 6.45) is 10.2. The Kier molecular flexibility index (Phi) is 9.75. The summed E-state index contributed by atoms with van der Waals surface area (Å²) in [6.45, 7) is 0.957. The van der Waals surface area contributed by atoms with Crippen molar-refractivity contribution in [1.29, 1.82) is 0 Å². The van der Waals surface area contributed by atoms with Crippen molar-refractivity contribution in [3.8, 4) is 0 Å². The molecule has 0 unspecified atom stereocenters. The Bertz CT molecular complexity index is 428. The van der Waals surface area contributed by atoms with Crippen molar-refractivity contribution >= 4 is 17.9 Å². The molecule has 0 aliphatic carbocycles. The van der Waals surface area contributed by atoms with Crippen LogP contribution in [0.5, 0.6) is 0 Å². The van der Waals surface area contributed by atoms with Gasteiger partial charge in [0.15, 0.2) is 0 Å². The molecule has 4 nitrogen and oxygen atoms in total. The van der Waals surface area contributed by atoms with E-state index in [1.54, 1.807) is 0 Å². The minimum Gasteiger partial charge on any atom is -0.481 e. The van der Waals surface area contributed by atoms with Crippen LogP contribution in [0.3, 0.4) is 0 Å². The van der Waals surface area contributed by atoms with Gasteiger partial charge in [-0.05, 0) is 37.1 Å². The number of carbonyl (C=O) groups excluding carboxylic acids is 1. The van der Waals surface area contributed by atoms with E-state index in [1.165, 1.54) is 25.7 Å². The van der Waals surface area contributed by atoms with Gasteiger partial charge in [0.05, 0.1) is 0 Å². The second kappa shape index (κ2) is 11.8. The van der Waals surface area contributed by atoms with E-state index in [2.05, 4.69) is 5.32 Å². The lowest BCUT2D eigenvalue weighted by molar-refractivity contribution is -0.137. The first-order valence-electron chi connectivity index (χ1n) is 8.23. The summed E-state index contributed by atoms with van der Waals surface area (Å²) in [5.41, 5.74) is 1.76. The normalized spacial score (nSPS) is 10.4. The van der Waals surface area contributed by atoms with E-state index in [4.69, 9.17) is 5.11 Å². The molecule has 0 fully saturated rings. The van der Waals surface area contributed by atoms with Crippen molar-refractivity contribution in [2.75, 3.05) is 11.9 Å². The third-order valence-corrected chi connectivity index (χ3v) is 3.69. The molecule has 22 heavy (non-hydrogen) atoms. The van der Waals surface area contributed by atoms with Crippen LogP contribution in [0, 0.1) is 0 Å². The monoisotopic (exact) mass is 305 g/mol. The predicted octanol–water partition coefficient (Wildman–Crippen LogP) is 4.51. The molecule has 0 aliphatic rings. The highest BCUT2D eigenvalue weighted by Gasteiger charge is 1.97. The first-order chi connectivity index (χ1) is 10.7. The van der Waals surface area contributed by atoms with Crippen molar-refractivity contribution in [2.45, 2.75) is 57.8 Å². The number of aliphatic carboxylic acids is 1.